The summed E-state index contributed by atoms with van der Waals surface area (Å²) in [6.45, 7) is 1.88. The van der Waals surface area contributed by atoms with E-state index in [1.54, 1.807) is 6.07 Å². The van der Waals surface area contributed by atoms with Gasteiger partial charge in [0.15, 0.2) is 6.29 Å². The largest absolute Gasteiger partial charge is 0.487 e. The molecular formula is C11H13NO2. The van der Waals surface area contributed by atoms with Crippen molar-refractivity contribution < 1.29 is 9.53 Å². The van der Waals surface area contributed by atoms with E-state index < -0.39 is 0 Å². The molecule has 2 rings (SSSR count). The molecule has 1 aromatic carbocycles. The number of carbonyl (C=O) groups is 1. The van der Waals surface area contributed by atoms with Crippen molar-refractivity contribution in [2.45, 2.75) is 6.10 Å². The normalized spacial score (nSPS) is 17.5. The molecule has 0 atom stereocenters. The Kier molecular flexibility index (Phi) is 2.50. The van der Waals surface area contributed by atoms with Gasteiger partial charge in [0.05, 0.1) is 5.56 Å². The van der Waals surface area contributed by atoms with Crippen LogP contribution in [-0.2, 0) is 0 Å². The first-order valence-corrected chi connectivity index (χ1v) is 4.69. The van der Waals surface area contributed by atoms with E-state index in [-0.39, 0.29) is 6.10 Å². The summed E-state index contributed by atoms with van der Waals surface area (Å²) in [5.74, 6) is 0.695. The van der Waals surface area contributed by atoms with Crippen molar-refractivity contribution in [3.63, 3.8) is 0 Å². The first-order valence-electron chi connectivity index (χ1n) is 4.69. The Balaban J connectivity index is 2.05. The number of likely N-dealkylation sites (tertiary alicyclic amines) is 1. The van der Waals surface area contributed by atoms with Crippen LogP contribution in [0.15, 0.2) is 24.3 Å². The third-order valence-electron chi connectivity index (χ3n) is 2.37. The number of aldehydes is 1. The zero-order valence-corrected chi connectivity index (χ0v) is 8.14. The topological polar surface area (TPSA) is 29.5 Å². The molecular weight excluding hydrogens is 178 g/mol. The molecule has 0 unspecified atom stereocenters. The van der Waals surface area contributed by atoms with E-state index in [0.717, 1.165) is 19.4 Å². The molecule has 0 radical (unpaired) electrons. The second-order valence-corrected chi connectivity index (χ2v) is 3.62. The number of rotatable bonds is 3. The summed E-state index contributed by atoms with van der Waals surface area (Å²) < 4.78 is 5.67. The summed E-state index contributed by atoms with van der Waals surface area (Å²) >= 11 is 0. The minimum absolute atomic E-state index is 0.237. The standard InChI is InChI=1S/C11H13NO2/c1-12-6-10(7-12)14-11-5-3-2-4-9(11)8-13/h2-5,8,10H,6-7H2,1H3. The SMILES string of the molecule is CN1CC(Oc2ccccc2C=O)C1. The molecule has 0 aromatic heterocycles. The third-order valence-corrected chi connectivity index (χ3v) is 2.37. The van der Waals surface area contributed by atoms with E-state index in [9.17, 15) is 4.79 Å². The number of para-hydroxylation sites is 1. The Bertz CT molecular complexity index is 332. The maximum Gasteiger partial charge on any atom is 0.153 e. The van der Waals surface area contributed by atoms with Crippen molar-refractivity contribution in [3.8, 4) is 5.75 Å². The lowest BCUT2D eigenvalue weighted by molar-refractivity contribution is 0.0383. The van der Waals surface area contributed by atoms with Crippen LogP contribution in [0.25, 0.3) is 0 Å². The van der Waals surface area contributed by atoms with Crippen LogP contribution in [-0.4, -0.2) is 37.4 Å². The molecule has 1 saturated heterocycles. The third kappa shape index (κ3) is 1.77. The highest BCUT2D eigenvalue weighted by atomic mass is 16.5. The van der Waals surface area contributed by atoms with Crippen molar-refractivity contribution >= 4 is 6.29 Å². The molecule has 0 N–H and O–H groups in total. The molecule has 3 nitrogen and oxygen atoms in total. The fourth-order valence-electron chi connectivity index (χ4n) is 1.58. The number of hydrogen-bond donors (Lipinski definition) is 0. The Labute approximate surface area is 83.3 Å². The monoisotopic (exact) mass is 191 g/mol. The van der Waals surface area contributed by atoms with Gasteiger partial charge in [-0.2, -0.15) is 0 Å². The maximum atomic E-state index is 10.7. The number of nitrogens with zero attached hydrogens (tertiary/aromatic N) is 1. The molecule has 14 heavy (non-hydrogen) atoms. The second-order valence-electron chi connectivity index (χ2n) is 3.62. The Morgan fingerprint density at radius 3 is 2.79 bits per heavy atom. The van der Waals surface area contributed by atoms with E-state index in [4.69, 9.17) is 4.74 Å². The molecule has 1 aliphatic rings. The van der Waals surface area contributed by atoms with E-state index in [0.29, 0.717) is 11.3 Å². The summed E-state index contributed by atoms with van der Waals surface area (Å²) in [5, 5.41) is 0. The van der Waals surface area contributed by atoms with E-state index in [1.807, 2.05) is 25.2 Å². The maximum absolute atomic E-state index is 10.7. The van der Waals surface area contributed by atoms with Gasteiger partial charge in [-0.15, -0.1) is 0 Å². The lowest BCUT2D eigenvalue weighted by Crippen LogP contribution is -2.51. The molecule has 0 saturated carbocycles. The summed E-state index contributed by atoms with van der Waals surface area (Å²) in [5.41, 5.74) is 0.627. The van der Waals surface area contributed by atoms with E-state index in [1.165, 1.54) is 0 Å². The van der Waals surface area contributed by atoms with Crippen LogP contribution >= 0.6 is 0 Å². The van der Waals surface area contributed by atoms with Gasteiger partial charge in [0, 0.05) is 13.1 Å². The minimum atomic E-state index is 0.237. The Hall–Kier alpha value is -1.35. The van der Waals surface area contributed by atoms with Gasteiger partial charge in [-0.05, 0) is 19.2 Å². The van der Waals surface area contributed by atoms with Gasteiger partial charge in [-0.25, -0.2) is 0 Å². The smallest absolute Gasteiger partial charge is 0.153 e. The molecule has 1 aliphatic heterocycles. The molecule has 3 heteroatoms. The van der Waals surface area contributed by atoms with Gasteiger partial charge >= 0.3 is 0 Å². The fourth-order valence-corrected chi connectivity index (χ4v) is 1.58. The van der Waals surface area contributed by atoms with Crippen molar-refractivity contribution in [2.75, 3.05) is 20.1 Å². The van der Waals surface area contributed by atoms with Crippen LogP contribution < -0.4 is 4.74 Å². The van der Waals surface area contributed by atoms with Crippen LogP contribution in [0.3, 0.4) is 0 Å². The van der Waals surface area contributed by atoms with Gasteiger partial charge < -0.3 is 4.74 Å². The number of likely N-dealkylation sites (N-methyl/N-ethyl adjacent to an activating group) is 1. The first-order chi connectivity index (χ1) is 6.79. The minimum Gasteiger partial charge on any atom is -0.487 e. The number of hydrogen-bond acceptors (Lipinski definition) is 3. The molecule has 0 amide bonds. The van der Waals surface area contributed by atoms with Crippen molar-refractivity contribution in [1.82, 2.24) is 4.90 Å². The van der Waals surface area contributed by atoms with Gasteiger partial charge in [0.2, 0.25) is 0 Å². The molecule has 0 spiro atoms. The highest BCUT2D eigenvalue weighted by Gasteiger charge is 2.25. The highest BCUT2D eigenvalue weighted by molar-refractivity contribution is 5.79. The average molecular weight is 191 g/mol. The van der Waals surface area contributed by atoms with Gasteiger partial charge in [-0.3, -0.25) is 9.69 Å². The van der Waals surface area contributed by atoms with Gasteiger partial charge in [-0.1, -0.05) is 12.1 Å². The van der Waals surface area contributed by atoms with Crippen molar-refractivity contribution in [1.29, 1.82) is 0 Å². The first kappa shape index (κ1) is 9.21. The quantitative estimate of drug-likeness (QED) is 0.672. The van der Waals surface area contributed by atoms with Crippen molar-refractivity contribution in [3.05, 3.63) is 29.8 Å². The average Bonchev–Trinajstić information content (AvgIpc) is 2.16. The predicted octanol–water partition coefficient (Wildman–Crippen LogP) is 1.19. The van der Waals surface area contributed by atoms with Crippen LogP contribution in [0.2, 0.25) is 0 Å². The molecule has 1 aromatic rings. The van der Waals surface area contributed by atoms with E-state index in [2.05, 4.69) is 4.90 Å². The summed E-state index contributed by atoms with van der Waals surface area (Å²) in [6.07, 6.45) is 1.07. The zero-order chi connectivity index (χ0) is 9.97. The lowest BCUT2D eigenvalue weighted by Gasteiger charge is -2.36. The van der Waals surface area contributed by atoms with Gasteiger partial charge in [0.25, 0.3) is 0 Å². The summed E-state index contributed by atoms with van der Waals surface area (Å²) in [6, 6.07) is 7.32. The van der Waals surface area contributed by atoms with Crippen molar-refractivity contribution in [2.24, 2.45) is 0 Å². The van der Waals surface area contributed by atoms with E-state index >= 15 is 0 Å². The molecule has 0 aliphatic carbocycles. The summed E-state index contributed by atoms with van der Waals surface area (Å²) in [7, 11) is 2.05. The number of benzene rings is 1. The number of ether oxygens (including phenoxy) is 1. The number of carbonyl (C=O) groups excluding carboxylic acids is 1. The molecule has 0 bridgehead atoms. The van der Waals surface area contributed by atoms with Crippen LogP contribution in [0, 0.1) is 0 Å². The van der Waals surface area contributed by atoms with Crippen LogP contribution in [0.5, 0.6) is 5.75 Å². The lowest BCUT2D eigenvalue weighted by atomic mass is 10.1. The van der Waals surface area contributed by atoms with Crippen LogP contribution in [0.1, 0.15) is 10.4 Å². The molecule has 74 valence electrons. The Morgan fingerprint density at radius 1 is 1.43 bits per heavy atom. The molecule has 1 heterocycles. The van der Waals surface area contributed by atoms with Gasteiger partial charge in [0.1, 0.15) is 11.9 Å². The molecule has 1 fully saturated rings. The summed E-state index contributed by atoms with van der Waals surface area (Å²) in [4.78, 5) is 12.9. The second kappa shape index (κ2) is 3.80. The predicted molar refractivity (Wildman–Crippen MR) is 53.7 cm³/mol. The van der Waals surface area contributed by atoms with Crippen LogP contribution in [0.4, 0.5) is 0 Å². The Morgan fingerprint density at radius 2 is 2.14 bits per heavy atom. The highest BCUT2D eigenvalue weighted by Crippen LogP contribution is 2.20. The fraction of sp³-hybridized carbons (Fsp3) is 0.364. The zero-order valence-electron chi connectivity index (χ0n) is 8.14.